The second kappa shape index (κ2) is 4.85. The zero-order valence-electron chi connectivity index (χ0n) is 9.45. The number of benzene rings is 1. The molecule has 0 amide bonds. The van der Waals surface area contributed by atoms with Gasteiger partial charge in [-0.05, 0) is 48.9 Å². The SMILES string of the molecule is NCC(O)c1cc2c(cc1O)CCCCC2. The summed E-state index contributed by atoms with van der Waals surface area (Å²) in [4.78, 5) is 0. The molecule has 0 heterocycles. The molecule has 0 aliphatic heterocycles. The fraction of sp³-hybridized carbons (Fsp3) is 0.538. The average Bonchev–Trinajstić information content (AvgIpc) is 2.51. The van der Waals surface area contributed by atoms with E-state index in [9.17, 15) is 10.2 Å². The van der Waals surface area contributed by atoms with Crippen molar-refractivity contribution in [3.63, 3.8) is 0 Å². The van der Waals surface area contributed by atoms with Crippen molar-refractivity contribution in [1.82, 2.24) is 0 Å². The molecule has 0 radical (unpaired) electrons. The first kappa shape index (κ1) is 11.4. The Hall–Kier alpha value is -1.06. The van der Waals surface area contributed by atoms with Gasteiger partial charge in [-0.25, -0.2) is 0 Å². The lowest BCUT2D eigenvalue weighted by Gasteiger charge is -2.14. The third-order valence-corrected chi connectivity index (χ3v) is 3.32. The van der Waals surface area contributed by atoms with Gasteiger partial charge in [0.15, 0.2) is 0 Å². The molecule has 0 aromatic heterocycles. The van der Waals surface area contributed by atoms with E-state index in [0.29, 0.717) is 5.56 Å². The van der Waals surface area contributed by atoms with Crippen LogP contribution >= 0.6 is 0 Å². The van der Waals surface area contributed by atoms with Crippen molar-refractivity contribution in [3.05, 3.63) is 28.8 Å². The van der Waals surface area contributed by atoms with Crippen molar-refractivity contribution < 1.29 is 10.2 Å². The number of phenols is 1. The summed E-state index contributed by atoms with van der Waals surface area (Å²) in [5, 5.41) is 19.5. The maximum atomic E-state index is 9.84. The van der Waals surface area contributed by atoms with Gasteiger partial charge in [0, 0.05) is 12.1 Å². The smallest absolute Gasteiger partial charge is 0.121 e. The molecule has 3 nitrogen and oxygen atoms in total. The maximum absolute atomic E-state index is 9.84. The molecule has 1 aliphatic carbocycles. The second-order valence-corrected chi connectivity index (χ2v) is 4.49. The molecule has 1 aromatic carbocycles. The van der Waals surface area contributed by atoms with Crippen LogP contribution in [0.15, 0.2) is 12.1 Å². The number of aliphatic hydroxyl groups excluding tert-OH is 1. The van der Waals surface area contributed by atoms with Crippen molar-refractivity contribution in [2.45, 2.75) is 38.2 Å². The maximum Gasteiger partial charge on any atom is 0.121 e. The summed E-state index contributed by atoms with van der Waals surface area (Å²) in [6.45, 7) is 0.145. The molecule has 2 rings (SSSR count). The Morgan fingerprint density at radius 3 is 2.38 bits per heavy atom. The minimum Gasteiger partial charge on any atom is -0.508 e. The van der Waals surface area contributed by atoms with E-state index in [1.165, 1.54) is 30.4 Å². The Balaban J connectivity index is 2.38. The van der Waals surface area contributed by atoms with E-state index in [2.05, 4.69) is 0 Å². The molecule has 88 valence electrons. The van der Waals surface area contributed by atoms with Crippen LogP contribution in [-0.4, -0.2) is 16.8 Å². The standard InChI is InChI=1S/C13H19NO2/c14-8-13(16)11-6-9-4-2-1-3-5-10(9)7-12(11)15/h6-7,13,15-16H,1-5,8,14H2. The van der Waals surface area contributed by atoms with Gasteiger partial charge in [-0.3, -0.25) is 0 Å². The summed E-state index contributed by atoms with van der Waals surface area (Å²) in [6.07, 6.45) is 4.93. The van der Waals surface area contributed by atoms with Gasteiger partial charge in [0.1, 0.15) is 5.75 Å². The highest BCUT2D eigenvalue weighted by Crippen LogP contribution is 2.31. The minimum absolute atomic E-state index is 0.145. The fourth-order valence-corrected chi connectivity index (χ4v) is 2.36. The van der Waals surface area contributed by atoms with Crippen molar-refractivity contribution in [3.8, 4) is 5.75 Å². The van der Waals surface area contributed by atoms with Gasteiger partial charge < -0.3 is 15.9 Å². The molecule has 4 N–H and O–H groups in total. The van der Waals surface area contributed by atoms with Crippen LogP contribution in [0.2, 0.25) is 0 Å². The molecule has 1 aromatic rings. The summed E-state index contributed by atoms with van der Waals surface area (Å²) in [7, 11) is 0. The highest BCUT2D eigenvalue weighted by atomic mass is 16.3. The molecule has 0 saturated heterocycles. The van der Waals surface area contributed by atoms with Gasteiger partial charge in [-0.2, -0.15) is 0 Å². The van der Waals surface area contributed by atoms with Gasteiger partial charge in [0.05, 0.1) is 6.10 Å². The number of hydrogen-bond donors (Lipinski definition) is 3. The Labute approximate surface area is 95.9 Å². The minimum atomic E-state index is -0.756. The van der Waals surface area contributed by atoms with Crippen molar-refractivity contribution >= 4 is 0 Å². The average molecular weight is 221 g/mol. The van der Waals surface area contributed by atoms with Gasteiger partial charge in [-0.1, -0.05) is 6.42 Å². The Morgan fingerprint density at radius 2 is 1.75 bits per heavy atom. The second-order valence-electron chi connectivity index (χ2n) is 4.49. The quantitative estimate of drug-likeness (QED) is 0.665. The van der Waals surface area contributed by atoms with Crippen LogP contribution in [0.5, 0.6) is 5.75 Å². The lowest BCUT2D eigenvalue weighted by atomic mass is 9.97. The van der Waals surface area contributed by atoms with Gasteiger partial charge in [0.2, 0.25) is 0 Å². The van der Waals surface area contributed by atoms with Crippen LogP contribution in [-0.2, 0) is 12.8 Å². The molecular weight excluding hydrogens is 202 g/mol. The molecule has 16 heavy (non-hydrogen) atoms. The first-order valence-electron chi connectivity index (χ1n) is 5.95. The third-order valence-electron chi connectivity index (χ3n) is 3.32. The molecule has 0 spiro atoms. The predicted molar refractivity (Wildman–Crippen MR) is 63.4 cm³/mol. The summed E-state index contributed by atoms with van der Waals surface area (Å²) in [6, 6.07) is 3.72. The van der Waals surface area contributed by atoms with E-state index in [1.54, 1.807) is 6.07 Å². The van der Waals surface area contributed by atoms with Crippen LogP contribution in [0.3, 0.4) is 0 Å². The number of nitrogens with two attached hydrogens (primary N) is 1. The van der Waals surface area contributed by atoms with Crippen LogP contribution in [0.25, 0.3) is 0 Å². The number of aryl methyl sites for hydroxylation is 2. The van der Waals surface area contributed by atoms with E-state index in [1.807, 2.05) is 6.07 Å². The highest BCUT2D eigenvalue weighted by molar-refractivity contribution is 5.43. The van der Waals surface area contributed by atoms with E-state index in [-0.39, 0.29) is 12.3 Å². The van der Waals surface area contributed by atoms with Crippen LogP contribution < -0.4 is 5.73 Å². The molecule has 1 atom stereocenters. The van der Waals surface area contributed by atoms with Gasteiger partial charge in [-0.15, -0.1) is 0 Å². The number of fused-ring (bicyclic) bond motifs is 1. The third kappa shape index (κ3) is 2.20. The molecule has 3 heteroatoms. The topological polar surface area (TPSA) is 66.5 Å². The van der Waals surface area contributed by atoms with Crippen LogP contribution in [0.1, 0.15) is 42.1 Å². The summed E-state index contributed by atoms with van der Waals surface area (Å²) >= 11 is 0. The zero-order chi connectivity index (χ0) is 11.5. The van der Waals surface area contributed by atoms with Crippen molar-refractivity contribution in [2.24, 2.45) is 5.73 Å². The van der Waals surface area contributed by atoms with Crippen molar-refractivity contribution in [1.29, 1.82) is 0 Å². The lowest BCUT2D eigenvalue weighted by molar-refractivity contribution is 0.182. The predicted octanol–water partition coefficient (Wildman–Crippen LogP) is 1.65. The fourth-order valence-electron chi connectivity index (χ4n) is 2.36. The number of aromatic hydroxyl groups is 1. The number of rotatable bonds is 2. The van der Waals surface area contributed by atoms with Crippen LogP contribution in [0, 0.1) is 0 Å². The summed E-state index contributed by atoms with van der Waals surface area (Å²) < 4.78 is 0. The highest BCUT2D eigenvalue weighted by Gasteiger charge is 2.16. The Bertz CT molecular complexity index is 376. The molecule has 1 aliphatic rings. The molecule has 0 saturated carbocycles. The lowest BCUT2D eigenvalue weighted by Crippen LogP contribution is -2.12. The van der Waals surface area contributed by atoms with E-state index >= 15 is 0 Å². The van der Waals surface area contributed by atoms with E-state index in [4.69, 9.17) is 5.73 Å². The first-order chi connectivity index (χ1) is 7.72. The molecule has 1 unspecified atom stereocenters. The Morgan fingerprint density at radius 1 is 1.12 bits per heavy atom. The Kier molecular flexibility index (Phi) is 3.46. The van der Waals surface area contributed by atoms with Gasteiger partial charge in [0.25, 0.3) is 0 Å². The van der Waals surface area contributed by atoms with E-state index in [0.717, 1.165) is 12.8 Å². The first-order valence-corrected chi connectivity index (χ1v) is 5.95. The molecular formula is C13H19NO2. The largest absolute Gasteiger partial charge is 0.508 e. The summed E-state index contributed by atoms with van der Waals surface area (Å²) in [5.74, 6) is 0.179. The van der Waals surface area contributed by atoms with Gasteiger partial charge >= 0.3 is 0 Å². The molecule has 0 fully saturated rings. The van der Waals surface area contributed by atoms with Crippen molar-refractivity contribution in [2.75, 3.05) is 6.54 Å². The monoisotopic (exact) mass is 221 g/mol. The zero-order valence-corrected chi connectivity index (χ0v) is 9.45. The van der Waals surface area contributed by atoms with E-state index < -0.39 is 6.10 Å². The molecule has 0 bridgehead atoms. The normalized spacial score (nSPS) is 17.6. The number of phenolic OH excluding ortho intramolecular Hbond substituents is 1. The van der Waals surface area contributed by atoms with Crippen LogP contribution in [0.4, 0.5) is 0 Å². The number of aliphatic hydroxyl groups is 1. The summed E-state index contributed by atoms with van der Waals surface area (Å²) in [5.41, 5.74) is 8.48. The number of hydrogen-bond acceptors (Lipinski definition) is 3.